The van der Waals surface area contributed by atoms with Gasteiger partial charge in [0.2, 0.25) is 0 Å². The molecule has 1 atom stereocenters. The van der Waals surface area contributed by atoms with Crippen LogP contribution < -0.4 is 5.32 Å². The maximum absolute atomic E-state index is 11.8. The number of amides is 1. The maximum atomic E-state index is 11.8. The van der Waals surface area contributed by atoms with Crippen LogP contribution in [-0.4, -0.2) is 40.7 Å². The summed E-state index contributed by atoms with van der Waals surface area (Å²) < 4.78 is 0. The van der Waals surface area contributed by atoms with Gasteiger partial charge in [-0.2, -0.15) is 11.8 Å². The van der Waals surface area contributed by atoms with Crippen molar-refractivity contribution in [3.8, 4) is 0 Å². The van der Waals surface area contributed by atoms with E-state index in [0.717, 1.165) is 5.75 Å². The van der Waals surface area contributed by atoms with Gasteiger partial charge >= 0.3 is 0 Å². The van der Waals surface area contributed by atoms with Gasteiger partial charge in [-0.25, -0.2) is 4.98 Å². The van der Waals surface area contributed by atoms with Gasteiger partial charge in [-0.3, -0.25) is 4.79 Å². The molecule has 94 valence electrons. The molecule has 0 aliphatic rings. The summed E-state index contributed by atoms with van der Waals surface area (Å²) in [5.41, 5.74) is 0.293. The lowest BCUT2D eigenvalue weighted by Crippen LogP contribution is -2.37. The Kier molecular flexibility index (Phi) is 6.32. The van der Waals surface area contributed by atoms with E-state index in [1.165, 1.54) is 0 Å². The first-order valence-electron chi connectivity index (χ1n) is 5.20. The first-order valence-corrected chi connectivity index (χ1v) is 6.97. The molecule has 0 aliphatic heterocycles. The molecule has 17 heavy (non-hydrogen) atoms. The van der Waals surface area contributed by atoms with Crippen molar-refractivity contribution in [1.82, 2.24) is 10.3 Å². The van der Waals surface area contributed by atoms with Crippen molar-refractivity contribution in [1.29, 1.82) is 0 Å². The van der Waals surface area contributed by atoms with E-state index in [1.54, 1.807) is 30.0 Å². The van der Waals surface area contributed by atoms with Crippen LogP contribution in [0.2, 0.25) is 5.15 Å². The molecule has 1 amide bonds. The molecule has 1 rings (SSSR count). The maximum Gasteiger partial charge on any atom is 0.270 e. The number of aliphatic hydroxyl groups is 1. The van der Waals surface area contributed by atoms with E-state index in [1.807, 2.05) is 6.26 Å². The van der Waals surface area contributed by atoms with Gasteiger partial charge < -0.3 is 10.4 Å². The van der Waals surface area contributed by atoms with Gasteiger partial charge in [0.1, 0.15) is 10.8 Å². The number of hydrogen-bond donors (Lipinski definition) is 2. The molecule has 0 aliphatic carbocycles. The minimum absolute atomic E-state index is 0.0501. The molecule has 0 aromatic carbocycles. The zero-order valence-electron chi connectivity index (χ0n) is 9.52. The second kappa shape index (κ2) is 7.53. The number of halogens is 1. The molecule has 1 heterocycles. The highest BCUT2D eigenvalue weighted by atomic mass is 35.5. The Bertz CT molecular complexity index is 370. The lowest BCUT2D eigenvalue weighted by Gasteiger charge is -2.16. The third kappa shape index (κ3) is 4.93. The largest absolute Gasteiger partial charge is 0.396 e. The van der Waals surface area contributed by atoms with Crippen LogP contribution in [-0.2, 0) is 0 Å². The molecule has 0 fully saturated rings. The minimum atomic E-state index is -0.264. The summed E-state index contributed by atoms with van der Waals surface area (Å²) in [7, 11) is 0. The number of hydrogen-bond acceptors (Lipinski definition) is 4. The van der Waals surface area contributed by atoms with Crippen LogP contribution in [0.1, 0.15) is 16.9 Å². The number of aromatic nitrogens is 1. The van der Waals surface area contributed by atoms with Crippen molar-refractivity contribution < 1.29 is 9.90 Å². The Balaban J connectivity index is 2.63. The summed E-state index contributed by atoms with van der Waals surface area (Å²) >= 11 is 7.33. The van der Waals surface area contributed by atoms with Gasteiger partial charge in [-0.1, -0.05) is 17.7 Å². The van der Waals surface area contributed by atoms with Gasteiger partial charge in [0, 0.05) is 18.4 Å². The van der Waals surface area contributed by atoms with Crippen molar-refractivity contribution >= 4 is 29.3 Å². The number of nitrogens with one attached hydrogen (secondary N) is 1. The predicted octanol–water partition coefficient (Wildman–Crippen LogP) is 1.58. The van der Waals surface area contributed by atoms with Gasteiger partial charge in [-0.05, 0) is 24.8 Å². The zero-order chi connectivity index (χ0) is 12.7. The molecular formula is C11H15ClN2O2S. The highest BCUT2D eigenvalue weighted by Gasteiger charge is 2.14. The normalized spacial score (nSPS) is 12.2. The third-order valence-electron chi connectivity index (χ3n) is 2.13. The number of rotatable bonds is 6. The smallest absolute Gasteiger partial charge is 0.270 e. The van der Waals surface area contributed by atoms with Crippen LogP contribution in [0.5, 0.6) is 0 Å². The summed E-state index contributed by atoms with van der Waals surface area (Å²) in [5, 5.41) is 12.0. The van der Waals surface area contributed by atoms with E-state index in [-0.39, 0.29) is 18.6 Å². The predicted molar refractivity (Wildman–Crippen MR) is 70.6 cm³/mol. The standard InChI is InChI=1S/C11H15ClN2O2S/c1-17-7-8(5-6-15)13-11(16)9-3-2-4-10(12)14-9/h2-4,8,15H,5-7H2,1H3,(H,13,16). The van der Waals surface area contributed by atoms with Crippen molar-refractivity contribution in [2.24, 2.45) is 0 Å². The topological polar surface area (TPSA) is 62.2 Å². The molecule has 1 aromatic rings. The third-order valence-corrected chi connectivity index (χ3v) is 3.07. The second-order valence-electron chi connectivity index (χ2n) is 3.48. The molecule has 2 N–H and O–H groups in total. The quantitative estimate of drug-likeness (QED) is 0.773. The number of nitrogens with zero attached hydrogens (tertiary/aromatic N) is 1. The highest BCUT2D eigenvalue weighted by Crippen LogP contribution is 2.07. The molecule has 0 bridgehead atoms. The Morgan fingerprint density at radius 1 is 1.65 bits per heavy atom. The van der Waals surface area contributed by atoms with Crippen LogP contribution in [0.25, 0.3) is 0 Å². The van der Waals surface area contributed by atoms with Gasteiger partial charge in [-0.15, -0.1) is 0 Å². The second-order valence-corrected chi connectivity index (χ2v) is 4.78. The van der Waals surface area contributed by atoms with Gasteiger partial charge in [0.15, 0.2) is 0 Å². The van der Waals surface area contributed by atoms with Crippen molar-refractivity contribution in [3.05, 3.63) is 29.0 Å². The first kappa shape index (κ1) is 14.3. The Labute approximate surface area is 110 Å². The summed E-state index contributed by atoms with van der Waals surface area (Å²) in [4.78, 5) is 15.8. The van der Waals surface area contributed by atoms with E-state index in [4.69, 9.17) is 16.7 Å². The molecule has 6 heteroatoms. The zero-order valence-corrected chi connectivity index (χ0v) is 11.1. The number of carbonyl (C=O) groups is 1. The fraction of sp³-hybridized carbons (Fsp3) is 0.455. The molecular weight excluding hydrogens is 260 g/mol. The number of aliphatic hydroxyl groups excluding tert-OH is 1. The van der Waals surface area contributed by atoms with Crippen LogP contribution in [0.3, 0.4) is 0 Å². The fourth-order valence-electron chi connectivity index (χ4n) is 1.35. The number of thioether (sulfide) groups is 1. The van der Waals surface area contributed by atoms with Crippen molar-refractivity contribution in [3.63, 3.8) is 0 Å². The Hall–Kier alpha value is -0.780. The van der Waals surface area contributed by atoms with Crippen molar-refractivity contribution in [2.75, 3.05) is 18.6 Å². The Morgan fingerprint density at radius 2 is 2.41 bits per heavy atom. The highest BCUT2D eigenvalue weighted by molar-refractivity contribution is 7.98. The molecule has 0 saturated carbocycles. The summed E-state index contributed by atoms with van der Waals surface area (Å²) in [6, 6.07) is 4.85. The molecule has 1 unspecified atom stereocenters. The van der Waals surface area contributed by atoms with E-state index in [0.29, 0.717) is 17.3 Å². The number of carbonyl (C=O) groups excluding carboxylic acids is 1. The SMILES string of the molecule is CSCC(CCO)NC(=O)c1cccc(Cl)n1. The molecule has 0 spiro atoms. The van der Waals surface area contributed by atoms with E-state index in [2.05, 4.69) is 10.3 Å². The van der Waals surface area contributed by atoms with E-state index in [9.17, 15) is 4.79 Å². The van der Waals surface area contributed by atoms with Crippen LogP contribution >= 0.6 is 23.4 Å². The molecule has 0 radical (unpaired) electrons. The van der Waals surface area contributed by atoms with Crippen LogP contribution in [0.4, 0.5) is 0 Å². The average Bonchev–Trinajstić information content (AvgIpc) is 2.29. The average molecular weight is 275 g/mol. The van der Waals surface area contributed by atoms with Gasteiger partial charge in [0.25, 0.3) is 5.91 Å². The molecule has 0 saturated heterocycles. The number of pyridine rings is 1. The first-order chi connectivity index (χ1) is 8.17. The summed E-state index contributed by atoms with van der Waals surface area (Å²) in [6.07, 6.45) is 2.49. The monoisotopic (exact) mass is 274 g/mol. The molecule has 4 nitrogen and oxygen atoms in total. The van der Waals surface area contributed by atoms with Crippen LogP contribution in [0, 0.1) is 0 Å². The molecule has 1 aromatic heterocycles. The van der Waals surface area contributed by atoms with E-state index >= 15 is 0 Å². The van der Waals surface area contributed by atoms with Crippen molar-refractivity contribution in [2.45, 2.75) is 12.5 Å². The fourth-order valence-corrected chi connectivity index (χ4v) is 2.16. The summed E-state index contributed by atoms with van der Waals surface area (Å²) in [6.45, 7) is 0.0501. The van der Waals surface area contributed by atoms with Crippen LogP contribution in [0.15, 0.2) is 18.2 Å². The Morgan fingerprint density at radius 3 is 3.00 bits per heavy atom. The minimum Gasteiger partial charge on any atom is -0.396 e. The lowest BCUT2D eigenvalue weighted by molar-refractivity contribution is 0.0930. The van der Waals surface area contributed by atoms with E-state index < -0.39 is 0 Å². The summed E-state index contributed by atoms with van der Waals surface area (Å²) in [5.74, 6) is 0.493. The lowest BCUT2D eigenvalue weighted by atomic mass is 10.2. The van der Waals surface area contributed by atoms with Gasteiger partial charge in [0.05, 0.1) is 0 Å².